The zero-order valence-corrected chi connectivity index (χ0v) is 9.18. The molecule has 0 spiro atoms. The van der Waals surface area contributed by atoms with E-state index >= 15 is 0 Å². The zero-order valence-electron chi connectivity index (χ0n) is 9.18. The van der Waals surface area contributed by atoms with Crippen molar-refractivity contribution in [3.8, 4) is 11.1 Å². The Kier molecular flexibility index (Phi) is 3.62. The standard InChI is InChI=1S/C14H12FNO/c15-14(10-17)9-11-1-3-12(4-2-11)13-5-7-16-8-6-13/h1-9,17H,10H2. The van der Waals surface area contributed by atoms with Gasteiger partial charge in [-0.3, -0.25) is 4.98 Å². The van der Waals surface area contributed by atoms with Crippen molar-refractivity contribution in [1.82, 2.24) is 4.98 Å². The molecular formula is C14H12FNO. The summed E-state index contributed by atoms with van der Waals surface area (Å²) in [5.41, 5.74) is 2.85. The minimum Gasteiger partial charge on any atom is -0.389 e. The Morgan fingerprint density at radius 3 is 2.24 bits per heavy atom. The van der Waals surface area contributed by atoms with Crippen LogP contribution in [-0.2, 0) is 0 Å². The van der Waals surface area contributed by atoms with E-state index in [0.29, 0.717) is 0 Å². The first-order valence-corrected chi connectivity index (χ1v) is 5.27. The molecule has 0 saturated carbocycles. The van der Waals surface area contributed by atoms with Crippen LogP contribution in [0.4, 0.5) is 4.39 Å². The summed E-state index contributed by atoms with van der Waals surface area (Å²) in [7, 11) is 0. The molecule has 0 atom stereocenters. The van der Waals surface area contributed by atoms with Crippen LogP contribution in [0.5, 0.6) is 0 Å². The molecule has 0 aliphatic rings. The Hall–Kier alpha value is -2.00. The predicted octanol–water partition coefficient (Wildman–Crippen LogP) is 3.05. The fourth-order valence-electron chi connectivity index (χ4n) is 1.54. The van der Waals surface area contributed by atoms with Crippen molar-refractivity contribution >= 4 is 6.08 Å². The second-order valence-corrected chi connectivity index (χ2v) is 3.61. The molecule has 0 fully saturated rings. The van der Waals surface area contributed by atoms with Crippen molar-refractivity contribution in [3.05, 3.63) is 60.2 Å². The second kappa shape index (κ2) is 5.37. The quantitative estimate of drug-likeness (QED) is 0.877. The zero-order chi connectivity index (χ0) is 12.1. The van der Waals surface area contributed by atoms with Crippen LogP contribution in [-0.4, -0.2) is 16.7 Å². The molecule has 0 aliphatic heterocycles. The van der Waals surface area contributed by atoms with Gasteiger partial charge in [-0.05, 0) is 34.9 Å². The molecule has 2 nitrogen and oxygen atoms in total. The topological polar surface area (TPSA) is 33.1 Å². The number of hydrogen-bond acceptors (Lipinski definition) is 2. The summed E-state index contributed by atoms with van der Waals surface area (Å²) >= 11 is 0. The maximum atomic E-state index is 12.8. The van der Waals surface area contributed by atoms with Crippen LogP contribution < -0.4 is 0 Å². The van der Waals surface area contributed by atoms with E-state index in [0.717, 1.165) is 16.7 Å². The molecule has 2 rings (SSSR count). The molecule has 0 unspecified atom stereocenters. The van der Waals surface area contributed by atoms with Crippen molar-refractivity contribution in [3.63, 3.8) is 0 Å². The van der Waals surface area contributed by atoms with Gasteiger partial charge < -0.3 is 5.11 Å². The molecule has 1 aromatic heterocycles. The smallest absolute Gasteiger partial charge is 0.126 e. The molecule has 0 radical (unpaired) electrons. The molecule has 0 saturated heterocycles. The van der Waals surface area contributed by atoms with E-state index in [4.69, 9.17) is 5.11 Å². The first kappa shape index (κ1) is 11.5. The fourth-order valence-corrected chi connectivity index (χ4v) is 1.54. The van der Waals surface area contributed by atoms with Crippen LogP contribution in [0.25, 0.3) is 17.2 Å². The highest BCUT2D eigenvalue weighted by molar-refractivity contribution is 5.65. The van der Waals surface area contributed by atoms with Crippen molar-refractivity contribution < 1.29 is 9.50 Å². The number of hydrogen-bond donors (Lipinski definition) is 1. The fraction of sp³-hybridized carbons (Fsp3) is 0.0714. The van der Waals surface area contributed by atoms with E-state index in [9.17, 15) is 4.39 Å². The molecule has 0 bridgehead atoms. The number of pyridine rings is 1. The van der Waals surface area contributed by atoms with Gasteiger partial charge in [-0.1, -0.05) is 24.3 Å². The summed E-state index contributed by atoms with van der Waals surface area (Å²) in [6, 6.07) is 11.3. The van der Waals surface area contributed by atoms with Crippen molar-refractivity contribution in [2.24, 2.45) is 0 Å². The minimum atomic E-state index is -0.563. The number of aliphatic hydroxyl groups excluding tert-OH is 1. The number of aromatic nitrogens is 1. The van der Waals surface area contributed by atoms with Gasteiger partial charge in [0.2, 0.25) is 0 Å². The molecule has 1 heterocycles. The Morgan fingerprint density at radius 2 is 1.65 bits per heavy atom. The van der Waals surface area contributed by atoms with Gasteiger partial charge in [0.25, 0.3) is 0 Å². The van der Waals surface area contributed by atoms with E-state index in [1.54, 1.807) is 12.4 Å². The van der Waals surface area contributed by atoms with E-state index in [-0.39, 0.29) is 0 Å². The first-order valence-electron chi connectivity index (χ1n) is 5.27. The summed E-state index contributed by atoms with van der Waals surface area (Å²) in [6.45, 7) is -0.563. The number of nitrogens with zero attached hydrogens (tertiary/aromatic N) is 1. The highest BCUT2D eigenvalue weighted by atomic mass is 19.1. The lowest BCUT2D eigenvalue weighted by molar-refractivity contribution is 0.300. The molecule has 1 aromatic carbocycles. The lowest BCUT2D eigenvalue weighted by Gasteiger charge is -2.01. The maximum absolute atomic E-state index is 12.8. The monoisotopic (exact) mass is 229 g/mol. The highest BCUT2D eigenvalue weighted by Crippen LogP contribution is 2.19. The van der Waals surface area contributed by atoms with Crippen LogP contribution in [0.15, 0.2) is 54.6 Å². The van der Waals surface area contributed by atoms with Gasteiger partial charge in [-0.15, -0.1) is 0 Å². The average Bonchev–Trinajstić information content (AvgIpc) is 2.40. The van der Waals surface area contributed by atoms with Gasteiger partial charge in [0.05, 0.1) is 6.61 Å². The van der Waals surface area contributed by atoms with Crippen LogP contribution in [0.3, 0.4) is 0 Å². The third kappa shape index (κ3) is 2.98. The normalized spacial score (nSPS) is 11.5. The molecule has 0 aliphatic carbocycles. The summed E-state index contributed by atoms with van der Waals surface area (Å²) in [4.78, 5) is 3.95. The van der Waals surface area contributed by atoms with Gasteiger partial charge in [0, 0.05) is 12.4 Å². The number of rotatable bonds is 3. The molecule has 2 aromatic rings. The number of halogens is 1. The molecule has 17 heavy (non-hydrogen) atoms. The Bertz CT molecular complexity index is 506. The van der Waals surface area contributed by atoms with Gasteiger partial charge in [0.1, 0.15) is 5.83 Å². The van der Waals surface area contributed by atoms with Crippen molar-refractivity contribution in [1.29, 1.82) is 0 Å². The predicted molar refractivity (Wildman–Crippen MR) is 65.8 cm³/mol. The summed E-state index contributed by atoms with van der Waals surface area (Å²) in [5, 5.41) is 8.58. The maximum Gasteiger partial charge on any atom is 0.126 e. The van der Waals surface area contributed by atoms with Crippen LogP contribution in [0.1, 0.15) is 5.56 Å². The van der Waals surface area contributed by atoms with Crippen LogP contribution in [0.2, 0.25) is 0 Å². The third-order valence-corrected chi connectivity index (χ3v) is 2.40. The molecule has 86 valence electrons. The minimum absolute atomic E-state index is 0.540. The SMILES string of the molecule is OCC(F)=Cc1ccc(-c2ccncc2)cc1. The molecule has 3 heteroatoms. The van der Waals surface area contributed by atoms with Crippen molar-refractivity contribution in [2.45, 2.75) is 0 Å². The number of benzene rings is 1. The Labute approximate surface area is 99.1 Å². The lowest BCUT2D eigenvalue weighted by atomic mass is 10.1. The highest BCUT2D eigenvalue weighted by Gasteiger charge is 1.97. The van der Waals surface area contributed by atoms with E-state index < -0.39 is 12.4 Å². The van der Waals surface area contributed by atoms with E-state index in [1.165, 1.54) is 6.08 Å². The average molecular weight is 229 g/mol. The van der Waals surface area contributed by atoms with Crippen LogP contribution in [0, 0.1) is 0 Å². The van der Waals surface area contributed by atoms with Crippen molar-refractivity contribution in [2.75, 3.05) is 6.61 Å². The first-order chi connectivity index (χ1) is 8.29. The van der Waals surface area contributed by atoms with Gasteiger partial charge in [-0.25, -0.2) is 4.39 Å². The summed E-state index contributed by atoms with van der Waals surface area (Å²) < 4.78 is 12.8. The molecule has 0 amide bonds. The van der Waals surface area contributed by atoms with Gasteiger partial charge in [0.15, 0.2) is 0 Å². The van der Waals surface area contributed by atoms with E-state index in [2.05, 4.69) is 4.98 Å². The van der Waals surface area contributed by atoms with Gasteiger partial charge in [-0.2, -0.15) is 0 Å². The molecular weight excluding hydrogens is 217 g/mol. The largest absolute Gasteiger partial charge is 0.389 e. The second-order valence-electron chi connectivity index (χ2n) is 3.61. The molecule has 1 N–H and O–H groups in total. The Balaban J connectivity index is 2.25. The Morgan fingerprint density at radius 1 is 1.06 bits per heavy atom. The summed E-state index contributed by atoms with van der Waals surface area (Å²) in [6.07, 6.45) is 4.78. The van der Waals surface area contributed by atoms with Gasteiger partial charge >= 0.3 is 0 Å². The number of aliphatic hydroxyl groups is 1. The summed E-state index contributed by atoms with van der Waals surface area (Å²) in [5.74, 6) is -0.540. The van der Waals surface area contributed by atoms with Crippen LogP contribution >= 0.6 is 0 Å². The lowest BCUT2D eigenvalue weighted by Crippen LogP contribution is -1.83. The van der Waals surface area contributed by atoms with E-state index in [1.807, 2.05) is 36.4 Å². The third-order valence-electron chi connectivity index (χ3n) is 2.40.